The predicted molar refractivity (Wildman–Crippen MR) is 64.4 cm³/mol. The van der Waals surface area contributed by atoms with Gasteiger partial charge < -0.3 is 14.7 Å². The fourth-order valence-corrected chi connectivity index (χ4v) is 2.58. The Bertz CT molecular complexity index is 493. The molecule has 1 aromatic rings. The van der Waals surface area contributed by atoms with Crippen molar-refractivity contribution in [2.75, 3.05) is 6.61 Å². The number of phosphoric ester groups is 1. The monoisotopic (exact) mass is 294 g/mol. The van der Waals surface area contributed by atoms with Gasteiger partial charge in [-0.1, -0.05) is 42.5 Å². The van der Waals surface area contributed by atoms with Gasteiger partial charge in [0.15, 0.2) is 0 Å². The average molecular weight is 294 g/mol. The maximum Gasteiger partial charge on any atom is 0.481 e. The normalized spacial score (nSPS) is 15.7. The van der Waals surface area contributed by atoms with Gasteiger partial charge in [-0.2, -0.15) is 4.31 Å². The van der Waals surface area contributed by atoms with Crippen molar-refractivity contribution in [2.45, 2.75) is 0 Å². The molecule has 1 aromatic carbocycles. The molecule has 0 bridgehead atoms. The van der Waals surface area contributed by atoms with Crippen LogP contribution < -0.4 is 0 Å². The fourth-order valence-electron chi connectivity index (χ4n) is 1.04. The van der Waals surface area contributed by atoms with Gasteiger partial charge in [0, 0.05) is 0 Å². The second kappa shape index (κ2) is 6.41. The molecule has 0 radical (unpaired) electrons. The molecule has 0 aliphatic heterocycles. The van der Waals surface area contributed by atoms with Crippen molar-refractivity contribution in [3.8, 4) is 0 Å². The third-order valence-corrected chi connectivity index (χ3v) is 3.81. The molecule has 0 spiro atoms. The Morgan fingerprint density at radius 1 is 1.11 bits per heavy atom. The summed E-state index contributed by atoms with van der Waals surface area (Å²) in [6, 6.07) is 9.08. The van der Waals surface area contributed by atoms with Crippen molar-refractivity contribution >= 4 is 21.7 Å². The van der Waals surface area contributed by atoms with Crippen molar-refractivity contribution in [3.63, 3.8) is 0 Å². The first-order chi connectivity index (χ1) is 8.29. The lowest BCUT2D eigenvalue weighted by Crippen LogP contribution is -1.93. The number of hydrogen-bond acceptors (Lipinski definition) is 4. The second-order valence-corrected chi connectivity index (χ2v) is 5.98. The van der Waals surface area contributed by atoms with Gasteiger partial charge in [-0.25, -0.2) is 9.13 Å². The Hall–Kier alpha value is -0.780. The van der Waals surface area contributed by atoms with Crippen molar-refractivity contribution < 1.29 is 32.6 Å². The minimum atomic E-state index is -5.06. The summed E-state index contributed by atoms with van der Waals surface area (Å²) in [5.41, 5.74) is 0.852. The van der Waals surface area contributed by atoms with Crippen molar-refractivity contribution in [1.82, 2.24) is 0 Å². The van der Waals surface area contributed by atoms with E-state index in [1.807, 2.05) is 18.2 Å². The summed E-state index contributed by atoms with van der Waals surface area (Å²) in [7, 11) is -9.81. The van der Waals surface area contributed by atoms with E-state index in [4.69, 9.17) is 14.7 Å². The Kier molecular flexibility index (Phi) is 5.44. The molecule has 0 amide bonds. The summed E-state index contributed by atoms with van der Waals surface area (Å²) >= 11 is 0. The minimum Gasteiger partial charge on any atom is -0.302 e. The molecule has 0 saturated heterocycles. The molecule has 3 N–H and O–H groups in total. The van der Waals surface area contributed by atoms with Crippen LogP contribution in [0.4, 0.5) is 0 Å². The molecule has 0 fully saturated rings. The first-order valence-electron chi connectivity index (χ1n) is 4.74. The number of rotatable bonds is 6. The summed E-state index contributed by atoms with van der Waals surface area (Å²) in [6.45, 7) is -0.317. The van der Waals surface area contributed by atoms with Gasteiger partial charge in [0.25, 0.3) is 0 Å². The van der Waals surface area contributed by atoms with E-state index in [1.54, 1.807) is 18.2 Å². The van der Waals surface area contributed by atoms with E-state index >= 15 is 0 Å². The van der Waals surface area contributed by atoms with E-state index < -0.39 is 15.6 Å². The van der Waals surface area contributed by atoms with Gasteiger partial charge in [-0.3, -0.25) is 4.52 Å². The molecular weight excluding hydrogens is 282 g/mol. The zero-order valence-electron chi connectivity index (χ0n) is 9.12. The lowest BCUT2D eigenvalue weighted by atomic mass is 10.2. The summed E-state index contributed by atoms with van der Waals surface area (Å²) in [4.78, 5) is 25.6. The van der Waals surface area contributed by atoms with Crippen LogP contribution in [0.15, 0.2) is 36.4 Å². The Labute approximate surface area is 104 Å². The average Bonchev–Trinajstić information content (AvgIpc) is 2.23. The van der Waals surface area contributed by atoms with Crippen LogP contribution in [0.3, 0.4) is 0 Å². The fraction of sp³-hybridized carbons (Fsp3) is 0.111. The second-order valence-electron chi connectivity index (χ2n) is 3.15. The molecule has 7 nitrogen and oxygen atoms in total. The van der Waals surface area contributed by atoms with Crippen molar-refractivity contribution in [3.05, 3.63) is 42.0 Å². The third-order valence-electron chi connectivity index (χ3n) is 1.65. The molecule has 9 heteroatoms. The molecule has 0 aromatic heterocycles. The molecule has 0 heterocycles. The predicted octanol–water partition coefficient (Wildman–Crippen LogP) is 1.93. The van der Waals surface area contributed by atoms with E-state index in [0.29, 0.717) is 0 Å². The van der Waals surface area contributed by atoms with Gasteiger partial charge in [0.2, 0.25) is 0 Å². The van der Waals surface area contributed by atoms with Crippen LogP contribution in [-0.2, 0) is 18.0 Å². The van der Waals surface area contributed by atoms with Crippen molar-refractivity contribution in [1.29, 1.82) is 0 Å². The molecular formula is C9H12O7P2. The number of phosphoric acid groups is 2. The topological polar surface area (TPSA) is 113 Å². The number of hydrogen-bond donors (Lipinski definition) is 3. The SMILES string of the molecule is O=P(O)(O)OP(=O)(O)OC/C=C/c1ccccc1. The Morgan fingerprint density at radius 2 is 1.72 bits per heavy atom. The van der Waals surface area contributed by atoms with Gasteiger partial charge in [0.1, 0.15) is 0 Å². The van der Waals surface area contributed by atoms with Crippen LogP contribution in [0.2, 0.25) is 0 Å². The maximum atomic E-state index is 11.0. The van der Waals surface area contributed by atoms with Crippen LogP contribution >= 0.6 is 15.6 Å². The minimum absolute atomic E-state index is 0.317. The molecule has 0 aliphatic carbocycles. The van der Waals surface area contributed by atoms with E-state index in [-0.39, 0.29) is 6.61 Å². The van der Waals surface area contributed by atoms with E-state index in [9.17, 15) is 9.13 Å². The summed E-state index contributed by atoms with van der Waals surface area (Å²) in [6.07, 6.45) is 3.04. The van der Waals surface area contributed by atoms with Crippen LogP contribution in [0.5, 0.6) is 0 Å². The van der Waals surface area contributed by atoms with Crippen LogP contribution in [-0.4, -0.2) is 21.3 Å². The zero-order valence-corrected chi connectivity index (χ0v) is 10.9. The quantitative estimate of drug-likeness (QED) is 0.687. The highest BCUT2D eigenvalue weighted by atomic mass is 31.3. The smallest absolute Gasteiger partial charge is 0.302 e. The van der Waals surface area contributed by atoms with Gasteiger partial charge in [0.05, 0.1) is 6.61 Å². The molecule has 1 unspecified atom stereocenters. The van der Waals surface area contributed by atoms with Crippen molar-refractivity contribution in [2.24, 2.45) is 0 Å². The van der Waals surface area contributed by atoms with Crippen LogP contribution in [0, 0.1) is 0 Å². The summed E-state index contributed by atoms with van der Waals surface area (Å²) < 4.78 is 29.3. The van der Waals surface area contributed by atoms with Gasteiger partial charge in [-0.15, -0.1) is 0 Å². The standard InChI is InChI=1S/C9H12O7P2/c10-17(11,12)16-18(13,14)15-8-4-7-9-5-2-1-3-6-9/h1-7H,8H2,(H,13,14)(H2,10,11,12)/b7-4+. The van der Waals surface area contributed by atoms with E-state index in [2.05, 4.69) is 8.83 Å². The molecule has 18 heavy (non-hydrogen) atoms. The largest absolute Gasteiger partial charge is 0.481 e. The molecule has 1 atom stereocenters. The molecule has 0 aliphatic rings. The van der Waals surface area contributed by atoms with Gasteiger partial charge in [-0.05, 0) is 5.56 Å². The highest BCUT2D eigenvalue weighted by Gasteiger charge is 2.31. The highest BCUT2D eigenvalue weighted by Crippen LogP contribution is 2.57. The highest BCUT2D eigenvalue weighted by molar-refractivity contribution is 7.60. The maximum absolute atomic E-state index is 11.0. The summed E-state index contributed by atoms with van der Waals surface area (Å²) in [5, 5.41) is 0. The van der Waals surface area contributed by atoms with Crippen LogP contribution in [0.25, 0.3) is 6.08 Å². The Balaban J connectivity index is 2.44. The van der Waals surface area contributed by atoms with Crippen LogP contribution in [0.1, 0.15) is 5.56 Å². The molecule has 1 rings (SSSR count). The Morgan fingerprint density at radius 3 is 2.28 bits per heavy atom. The van der Waals surface area contributed by atoms with E-state index in [1.165, 1.54) is 6.08 Å². The number of benzene rings is 1. The van der Waals surface area contributed by atoms with Gasteiger partial charge >= 0.3 is 15.6 Å². The lowest BCUT2D eigenvalue weighted by molar-refractivity contribution is 0.191. The first kappa shape index (κ1) is 15.3. The zero-order chi connectivity index (χ0) is 13.6. The molecule has 100 valence electrons. The molecule has 0 saturated carbocycles. The van der Waals surface area contributed by atoms with E-state index in [0.717, 1.165) is 5.56 Å². The third kappa shape index (κ3) is 6.83. The lowest BCUT2D eigenvalue weighted by Gasteiger charge is -2.10. The summed E-state index contributed by atoms with van der Waals surface area (Å²) in [5.74, 6) is 0. The first-order valence-corrected chi connectivity index (χ1v) is 7.77.